The topological polar surface area (TPSA) is 101 Å². The van der Waals surface area contributed by atoms with Gasteiger partial charge in [-0.2, -0.15) is 5.26 Å². The molecule has 0 saturated heterocycles. The summed E-state index contributed by atoms with van der Waals surface area (Å²) < 4.78 is 13.9. The summed E-state index contributed by atoms with van der Waals surface area (Å²) in [7, 11) is 0. The van der Waals surface area contributed by atoms with Gasteiger partial charge < -0.3 is 16.1 Å². The predicted molar refractivity (Wildman–Crippen MR) is 160 cm³/mol. The fourth-order valence-corrected chi connectivity index (χ4v) is 4.97. The average Bonchev–Trinajstić information content (AvgIpc) is 3.71. The second-order valence-corrected chi connectivity index (χ2v) is 11.8. The van der Waals surface area contributed by atoms with Crippen LogP contribution in [0.1, 0.15) is 50.8 Å². The molecular formula is C32H33FN8. The van der Waals surface area contributed by atoms with Crippen LogP contribution in [0.3, 0.4) is 0 Å². The van der Waals surface area contributed by atoms with Crippen molar-refractivity contribution in [3.8, 4) is 17.2 Å². The number of benzene rings is 2. The first-order valence-electron chi connectivity index (χ1n) is 13.8. The van der Waals surface area contributed by atoms with E-state index >= 15 is 0 Å². The molecule has 208 valence electrons. The minimum atomic E-state index is -0.298. The van der Waals surface area contributed by atoms with E-state index in [4.69, 9.17) is 4.98 Å². The second-order valence-electron chi connectivity index (χ2n) is 11.8. The van der Waals surface area contributed by atoms with Crippen molar-refractivity contribution in [3.63, 3.8) is 0 Å². The quantitative estimate of drug-likeness (QED) is 0.205. The van der Waals surface area contributed by atoms with Crippen molar-refractivity contribution in [2.45, 2.75) is 45.7 Å². The zero-order valence-electron chi connectivity index (χ0n) is 23.4. The monoisotopic (exact) mass is 548 g/mol. The fraction of sp³-hybridized carbons (Fsp3) is 0.281. The molecule has 6 rings (SSSR count). The van der Waals surface area contributed by atoms with Crippen molar-refractivity contribution >= 4 is 22.3 Å². The second kappa shape index (κ2) is 10.7. The van der Waals surface area contributed by atoms with Crippen LogP contribution in [0.5, 0.6) is 0 Å². The molecule has 1 saturated carbocycles. The van der Waals surface area contributed by atoms with Gasteiger partial charge in [0.25, 0.3) is 0 Å². The number of hydrogen-bond acceptors (Lipinski definition) is 8. The molecule has 2 aromatic heterocycles. The Kier molecular flexibility index (Phi) is 6.93. The van der Waals surface area contributed by atoms with Crippen molar-refractivity contribution in [1.82, 2.24) is 25.9 Å². The lowest BCUT2D eigenvalue weighted by molar-refractivity contribution is 0.260. The summed E-state index contributed by atoms with van der Waals surface area (Å²) in [6.07, 6.45) is 9.52. The summed E-state index contributed by atoms with van der Waals surface area (Å²) in [5.74, 6) is -0.283. The minimum absolute atomic E-state index is 0.000830. The Balaban J connectivity index is 1.49. The van der Waals surface area contributed by atoms with Crippen molar-refractivity contribution in [3.05, 3.63) is 96.0 Å². The third kappa shape index (κ3) is 5.79. The molecule has 1 aliphatic heterocycles. The molecule has 0 amide bonds. The Morgan fingerprint density at radius 2 is 1.88 bits per heavy atom. The van der Waals surface area contributed by atoms with Crippen LogP contribution in [0, 0.1) is 22.6 Å². The van der Waals surface area contributed by atoms with E-state index in [9.17, 15) is 9.65 Å². The van der Waals surface area contributed by atoms with Gasteiger partial charge in [0, 0.05) is 54.0 Å². The molecule has 0 radical (unpaired) electrons. The zero-order chi connectivity index (χ0) is 28.6. The third-order valence-corrected chi connectivity index (χ3v) is 7.25. The molecular weight excluding hydrogens is 515 g/mol. The van der Waals surface area contributed by atoms with Crippen LogP contribution in [-0.2, 0) is 0 Å². The van der Waals surface area contributed by atoms with Crippen molar-refractivity contribution in [1.29, 1.82) is 5.26 Å². The van der Waals surface area contributed by atoms with Gasteiger partial charge in [-0.05, 0) is 65.8 Å². The predicted octanol–water partition coefficient (Wildman–Crippen LogP) is 6.25. The van der Waals surface area contributed by atoms with E-state index in [0.29, 0.717) is 18.2 Å². The molecule has 1 atom stereocenters. The lowest BCUT2D eigenvalue weighted by atomic mass is 9.95. The first-order chi connectivity index (χ1) is 19.8. The molecule has 41 heavy (non-hydrogen) atoms. The molecule has 8 nitrogen and oxygen atoms in total. The highest BCUT2D eigenvalue weighted by molar-refractivity contribution is 6.04. The maximum Gasteiger partial charge on any atom is 0.123 e. The van der Waals surface area contributed by atoms with Gasteiger partial charge in [0.1, 0.15) is 11.9 Å². The van der Waals surface area contributed by atoms with Crippen molar-refractivity contribution in [2.24, 2.45) is 5.41 Å². The SMILES string of the molecule is CC(C)(C)CNc1c(C#N)cnc2c(-c3ccncc3)cc(NC(C3=CN(C4CC4)NN3)c3ccc(F)cc3)cc12. The third-order valence-electron chi connectivity index (χ3n) is 7.25. The number of aromatic nitrogens is 2. The number of hydrazine groups is 2. The lowest BCUT2D eigenvalue weighted by Crippen LogP contribution is -2.38. The molecule has 2 aromatic carbocycles. The first-order valence-corrected chi connectivity index (χ1v) is 13.8. The Labute approximate surface area is 239 Å². The lowest BCUT2D eigenvalue weighted by Gasteiger charge is -2.24. The summed E-state index contributed by atoms with van der Waals surface area (Å²) in [5.41, 5.74) is 13.1. The van der Waals surface area contributed by atoms with Crippen LogP contribution in [0.2, 0.25) is 0 Å². The molecule has 2 aliphatic rings. The summed E-state index contributed by atoms with van der Waals surface area (Å²) in [6, 6.07) is 17.1. The molecule has 9 heteroatoms. The number of pyridine rings is 2. The minimum Gasteiger partial charge on any atom is -0.383 e. The van der Waals surface area contributed by atoms with E-state index in [1.54, 1.807) is 30.7 Å². The molecule has 3 heterocycles. The van der Waals surface area contributed by atoms with Crippen LogP contribution >= 0.6 is 0 Å². The molecule has 4 aromatic rings. The number of fused-ring (bicyclic) bond motifs is 1. The Morgan fingerprint density at radius 3 is 2.56 bits per heavy atom. The largest absolute Gasteiger partial charge is 0.383 e. The average molecular weight is 549 g/mol. The van der Waals surface area contributed by atoms with Crippen LogP contribution in [-0.4, -0.2) is 27.6 Å². The van der Waals surface area contributed by atoms with Crippen LogP contribution in [0.4, 0.5) is 15.8 Å². The number of nitrogens with one attached hydrogen (secondary N) is 4. The first kappa shape index (κ1) is 26.5. The molecule has 1 aliphatic carbocycles. The highest BCUT2D eigenvalue weighted by Crippen LogP contribution is 2.38. The molecule has 1 fully saturated rings. The molecule has 0 spiro atoms. The number of nitriles is 1. The smallest absolute Gasteiger partial charge is 0.123 e. The van der Waals surface area contributed by atoms with Gasteiger partial charge in [-0.1, -0.05) is 32.9 Å². The normalized spacial score (nSPS) is 15.7. The highest BCUT2D eigenvalue weighted by atomic mass is 19.1. The maximum atomic E-state index is 13.9. The summed E-state index contributed by atoms with van der Waals surface area (Å²) in [5, 5.41) is 20.2. The molecule has 0 bridgehead atoms. The van der Waals surface area contributed by atoms with E-state index < -0.39 is 0 Å². The van der Waals surface area contributed by atoms with Crippen LogP contribution < -0.4 is 21.6 Å². The number of hydrogen-bond donors (Lipinski definition) is 4. The van der Waals surface area contributed by atoms with Gasteiger partial charge in [-0.25, -0.2) is 4.39 Å². The maximum absolute atomic E-state index is 13.9. The van der Waals surface area contributed by atoms with E-state index in [1.807, 2.05) is 18.2 Å². The van der Waals surface area contributed by atoms with Crippen molar-refractivity contribution in [2.75, 3.05) is 17.2 Å². The van der Waals surface area contributed by atoms with E-state index in [2.05, 4.69) is 70.7 Å². The van der Waals surface area contributed by atoms with Crippen molar-refractivity contribution < 1.29 is 4.39 Å². The number of rotatable bonds is 8. The van der Waals surface area contributed by atoms with Gasteiger partial charge in [0.05, 0.1) is 28.5 Å². The molecule has 1 unspecified atom stereocenters. The number of halogens is 1. The van der Waals surface area contributed by atoms with Gasteiger partial charge >= 0.3 is 0 Å². The number of nitrogens with zero attached hydrogens (tertiary/aromatic N) is 4. The summed E-state index contributed by atoms with van der Waals surface area (Å²) in [6.45, 7) is 7.14. The Hall–Kier alpha value is -4.68. The highest BCUT2D eigenvalue weighted by Gasteiger charge is 2.32. The number of anilines is 2. The van der Waals surface area contributed by atoms with Gasteiger partial charge in [-0.15, -0.1) is 5.53 Å². The summed E-state index contributed by atoms with van der Waals surface area (Å²) in [4.78, 5) is 8.94. The zero-order valence-corrected chi connectivity index (χ0v) is 23.4. The Morgan fingerprint density at radius 1 is 1.12 bits per heavy atom. The van der Waals surface area contributed by atoms with E-state index in [0.717, 1.165) is 57.5 Å². The standard InChI is InChI=1S/C32H33FN8/c1-32(2,3)19-37-29-22(16-34)17-36-31-26(20-10-12-35-13-11-20)14-24(15-27(29)31)38-30(21-4-6-23(33)7-5-21)28-18-41(40-39-28)25-8-9-25/h4-7,10-15,17-18,25,30,38-40H,8-9,19H2,1-3H3,(H,36,37). The Bertz CT molecular complexity index is 1630. The van der Waals surface area contributed by atoms with Gasteiger partial charge in [0.2, 0.25) is 0 Å². The van der Waals surface area contributed by atoms with Gasteiger partial charge in [0.15, 0.2) is 0 Å². The fourth-order valence-electron chi connectivity index (χ4n) is 4.97. The van der Waals surface area contributed by atoms with E-state index in [1.165, 1.54) is 12.1 Å². The van der Waals surface area contributed by atoms with E-state index in [-0.39, 0.29) is 17.3 Å². The molecule has 4 N–H and O–H groups in total. The summed E-state index contributed by atoms with van der Waals surface area (Å²) >= 11 is 0. The van der Waals surface area contributed by atoms with Gasteiger partial charge in [-0.3, -0.25) is 15.0 Å². The van der Waals surface area contributed by atoms with Crippen LogP contribution in [0.15, 0.2) is 79.0 Å². The van der Waals surface area contributed by atoms with Crippen LogP contribution in [0.25, 0.3) is 22.0 Å².